The van der Waals surface area contributed by atoms with Crippen molar-refractivity contribution in [1.82, 2.24) is 9.13 Å². The second-order valence-corrected chi connectivity index (χ2v) is 13.9. The largest absolute Gasteiger partial charge is 0.369 e. The Morgan fingerprint density at radius 3 is 2.00 bits per heavy atom. The Bertz CT molecular complexity index is 2990. The molecule has 10 rings (SSSR count). The summed E-state index contributed by atoms with van der Waals surface area (Å²) in [6, 6.07) is 57.4. The van der Waals surface area contributed by atoms with Crippen LogP contribution in [0.1, 0.15) is 11.1 Å². The first-order valence-electron chi connectivity index (χ1n) is 17.1. The second kappa shape index (κ2) is 11.8. The summed E-state index contributed by atoms with van der Waals surface area (Å²) in [5, 5.41) is 7.25. The van der Waals surface area contributed by atoms with Gasteiger partial charge in [0.2, 0.25) is 5.96 Å². The zero-order valence-electron chi connectivity index (χ0n) is 27.6. The number of nitrogens with two attached hydrogens (primary N) is 1. The summed E-state index contributed by atoms with van der Waals surface area (Å²) in [5.74, 6) is 0.958. The number of fused-ring (bicyclic) bond motifs is 10. The van der Waals surface area contributed by atoms with E-state index in [1.165, 1.54) is 36.5 Å². The minimum atomic E-state index is 0.366. The highest BCUT2D eigenvalue weighted by atomic mass is 32.1. The van der Waals surface area contributed by atoms with Gasteiger partial charge >= 0.3 is 0 Å². The van der Waals surface area contributed by atoms with E-state index in [1.54, 1.807) is 0 Å². The van der Waals surface area contributed by atoms with Crippen LogP contribution in [0.15, 0.2) is 174 Å². The van der Waals surface area contributed by atoms with E-state index in [2.05, 4.69) is 124 Å². The Morgan fingerprint density at radius 1 is 0.549 bits per heavy atom. The molecular formula is C45H31N5S. The number of hydrogen-bond acceptors (Lipinski definition) is 2. The fourth-order valence-corrected chi connectivity index (χ4v) is 8.76. The number of para-hydroxylation sites is 2. The van der Waals surface area contributed by atoms with Crippen LogP contribution in [0.3, 0.4) is 0 Å². The molecule has 0 atom stereocenters. The minimum Gasteiger partial charge on any atom is -0.369 e. The van der Waals surface area contributed by atoms with Gasteiger partial charge in [0.05, 0.1) is 33.3 Å². The molecule has 0 unspecified atom stereocenters. The smallest absolute Gasteiger partial charge is 0.207 e. The number of nitrogens with zero attached hydrogens (tertiary/aromatic N) is 4. The van der Waals surface area contributed by atoms with E-state index < -0.39 is 0 Å². The van der Waals surface area contributed by atoms with Crippen molar-refractivity contribution in [3.63, 3.8) is 0 Å². The van der Waals surface area contributed by atoms with Gasteiger partial charge in [0.25, 0.3) is 0 Å². The van der Waals surface area contributed by atoms with Crippen molar-refractivity contribution >= 4 is 86.9 Å². The summed E-state index contributed by atoms with van der Waals surface area (Å²) in [6.07, 6.45) is 0. The molecule has 3 heterocycles. The lowest BCUT2D eigenvalue weighted by atomic mass is 10.1. The van der Waals surface area contributed by atoms with Crippen LogP contribution in [0.5, 0.6) is 0 Å². The first-order valence-corrected chi connectivity index (χ1v) is 17.9. The van der Waals surface area contributed by atoms with Gasteiger partial charge in [-0.1, -0.05) is 127 Å². The molecular weight excluding hydrogens is 643 g/mol. The fraction of sp³-hybridized carbons (Fsp3) is 0.0222. The zero-order chi connectivity index (χ0) is 33.9. The molecule has 0 saturated heterocycles. The number of aliphatic imine (C=N–C) groups is 2. The normalized spacial score (nSPS) is 12.7. The number of benzene rings is 7. The highest BCUT2D eigenvalue weighted by molar-refractivity contribution is 7.26. The molecule has 242 valence electrons. The predicted molar refractivity (Wildman–Crippen MR) is 217 cm³/mol. The molecule has 0 spiro atoms. The van der Waals surface area contributed by atoms with Gasteiger partial charge in [-0.25, -0.2) is 0 Å². The quantitative estimate of drug-likeness (QED) is 0.147. The summed E-state index contributed by atoms with van der Waals surface area (Å²) >= 11 is 1.86. The maximum Gasteiger partial charge on any atom is 0.207 e. The minimum absolute atomic E-state index is 0.366. The van der Waals surface area contributed by atoms with Gasteiger partial charge < -0.3 is 10.3 Å². The third-order valence-corrected chi connectivity index (χ3v) is 11.0. The first kappa shape index (κ1) is 29.4. The summed E-state index contributed by atoms with van der Waals surface area (Å²) in [4.78, 5) is 10.1. The van der Waals surface area contributed by atoms with Crippen molar-refractivity contribution in [3.05, 3.63) is 175 Å². The molecule has 0 aliphatic rings. The van der Waals surface area contributed by atoms with Gasteiger partial charge in [0, 0.05) is 48.3 Å². The van der Waals surface area contributed by atoms with Crippen LogP contribution in [-0.2, 0) is 6.54 Å². The Labute approximate surface area is 297 Å². The molecule has 0 aliphatic heterocycles. The van der Waals surface area contributed by atoms with Crippen LogP contribution in [0.2, 0.25) is 0 Å². The number of thiophene rings is 1. The van der Waals surface area contributed by atoms with E-state index in [0.717, 1.165) is 44.1 Å². The maximum atomic E-state index is 7.09. The summed E-state index contributed by atoms with van der Waals surface area (Å²) in [5.41, 5.74) is 14.6. The molecule has 5 nitrogen and oxygen atoms in total. The second-order valence-electron chi connectivity index (χ2n) is 12.8. The van der Waals surface area contributed by atoms with E-state index in [-0.39, 0.29) is 0 Å². The number of aromatic nitrogens is 2. The molecule has 6 heteroatoms. The molecule has 0 aliphatic carbocycles. The van der Waals surface area contributed by atoms with Crippen molar-refractivity contribution in [2.45, 2.75) is 6.54 Å². The van der Waals surface area contributed by atoms with Gasteiger partial charge in [-0.3, -0.25) is 9.56 Å². The number of rotatable bonds is 4. The highest BCUT2D eigenvalue weighted by Gasteiger charge is 2.21. The van der Waals surface area contributed by atoms with E-state index in [9.17, 15) is 0 Å². The van der Waals surface area contributed by atoms with Gasteiger partial charge in [0.15, 0.2) is 5.84 Å². The average Bonchev–Trinajstić information content (AvgIpc) is 3.84. The summed E-state index contributed by atoms with van der Waals surface area (Å²) in [6.45, 7) is 0.499. The molecule has 0 fully saturated rings. The summed E-state index contributed by atoms with van der Waals surface area (Å²) in [7, 11) is 0. The van der Waals surface area contributed by atoms with Crippen LogP contribution in [-0.4, -0.2) is 20.9 Å². The highest BCUT2D eigenvalue weighted by Crippen LogP contribution is 2.44. The number of hydrogen-bond donors (Lipinski definition) is 1. The molecule has 0 radical (unpaired) electrons. The topological polar surface area (TPSA) is 60.6 Å². The molecule has 51 heavy (non-hydrogen) atoms. The molecule has 0 saturated carbocycles. The first-order chi connectivity index (χ1) is 25.2. The van der Waals surface area contributed by atoms with Crippen molar-refractivity contribution in [2.24, 2.45) is 15.7 Å². The molecule has 3 aromatic heterocycles. The van der Waals surface area contributed by atoms with Crippen molar-refractivity contribution in [3.8, 4) is 5.69 Å². The van der Waals surface area contributed by atoms with Crippen molar-refractivity contribution < 1.29 is 0 Å². The lowest BCUT2D eigenvalue weighted by Gasteiger charge is -2.10. The fourth-order valence-electron chi connectivity index (χ4n) is 7.52. The van der Waals surface area contributed by atoms with Crippen LogP contribution in [0.4, 0.5) is 0 Å². The van der Waals surface area contributed by atoms with E-state index >= 15 is 0 Å². The Hall–Kier alpha value is -6.50. The Morgan fingerprint density at radius 2 is 1.20 bits per heavy atom. The predicted octanol–water partition coefficient (Wildman–Crippen LogP) is 11.1. The van der Waals surface area contributed by atoms with Gasteiger partial charge in [0.1, 0.15) is 0 Å². The molecule has 0 bridgehead atoms. The van der Waals surface area contributed by atoms with Gasteiger partial charge in [-0.15, -0.1) is 11.3 Å². The van der Waals surface area contributed by atoms with E-state index in [1.807, 2.05) is 59.9 Å². The standard InChI is InChI=1S/C45H31N5S/c46-45(48-44(30-16-6-2-7-17-30)47-28-29-14-4-1-5-15-29)50-38-22-12-10-20-32(38)36-26-37-34-24-25-35-33-21-11-13-23-41(33)51-43(35)42(34)49(39(37)27-40(36)50)31-18-8-3-9-19-31/h1-27H,28H2,(H2,46,47,48). The van der Waals surface area contributed by atoms with Crippen LogP contribution in [0, 0.1) is 0 Å². The lowest BCUT2D eigenvalue weighted by molar-refractivity contribution is 1.06. The lowest BCUT2D eigenvalue weighted by Crippen LogP contribution is -2.24. The third-order valence-electron chi connectivity index (χ3n) is 9.82. The van der Waals surface area contributed by atoms with Crippen LogP contribution >= 0.6 is 11.3 Å². The Balaban J connectivity index is 1.27. The zero-order valence-corrected chi connectivity index (χ0v) is 28.4. The van der Waals surface area contributed by atoms with Crippen molar-refractivity contribution in [2.75, 3.05) is 0 Å². The molecule has 7 aromatic carbocycles. The van der Waals surface area contributed by atoms with Gasteiger partial charge in [-0.2, -0.15) is 4.99 Å². The molecule has 0 amide bonds. The average molecular weight is 674 g/mol. The van der Waals surface area contributed by atoms with Crippen molar-refractivity contribution in [1.29, 1.82) is 0 Å². The Kier molecular flexibility index (Phi) is 6.82. The van der Waals surface area contributed by atoms with E-state index in [0.29, 0.717) is 18.3 Å². The third kappa shape index (κ3) is 4.76. The monoisotopic (exact) mass is 673 g/mol. The SMILES string of the molecule is N/C(=N\C(=N/Cc1ccccc1)c1ccccc1)n1c2ccccc2c2cc3c4ccc5c6ccccc6sc5c4n(-c4ccccc4)c3cc21. The summed E-state index contributed by atoms with van der Waals surface area (Å²) < 4.78 is 7.09. The van der Waals surface area contributed by atoms with E-state index in [4.69, 9.17) is 15.7 Å². The molecule has 10 aromatic rings. The van der Waals surface area contributed by atoms with Crippen LogP contribution in [0.25, 0.3) is 69.5 Å². The van der Waals surface area contributed by atoms with Crippen LogP contribution < -0.4 is 5.73 Å². The molecule has 2 N–H and O–H groups in total. The number of amidine groups is 1. The maximum absolute atomic E-state index is 7.09. The van der Waals surface area contributed by atoms with Gasteiger partial charge in [-0.05, 0) is 42.0 Å².